The fourth-order valence-corrected chi connectivity index (χ4v) is 2.57. The number of fused-ring (bicyclic) bond motifs is 1. The Kier molecular flexibility index (Phi) is 2.73. The zero-order valence-electron chi connectivity index (χ0n) is 10.4. The number of aliphatic hydroxyl groups is 1. The molecule has 0 aliphatic rings. The van der Waals surface area contributed by atoms with Gasteiger partial charge in [-0.2, -0.15) is 0 Å². The van der Waals surface area contributed by atoms with Gasteiger partial charge in [0.1, 0.15) is 0 Å². The van der Waals surface area contributed by atoms with E-state index in [1.807, 2.05) is 0 Å². The van der Waals surface area contributed by atoms with Crippen LogP contribution in [-0.2, 0) is 6.61 Å². The van der Waals surface area contributed by atoms with Gasteiger partial charge in [0.25, 0.3) is 0 Å². The van der Waals surface area contributed by atoms with Gasteiger partial charge >= 0.3 is 0 Å². The van der Waals surface area contributed by atoms with Gasteiger partial charge in [0, 0.05) is 0 Å². The lowest BCUT2D eigenvalue weighted by Crippen LogP contribution is -1.99. The number of rotatable bonds is 1. The smallest absolute Gasteiger partial charge is 0.0687 e. The number of hydrogen-bond donors (Lipinski definition) is 1. The second-order valence-corrected chi connectivity index (χ2v) is 4.51. The second kappa shape index (κ2) is 3.91. The van der Waals surface area contributed by atoms with Gasteiger partial charge in [-0.25, -0.2) is 0 Å². The largest absolute Gasteiger partial charge is 0.392 e. The van der Waals surface area contributed by atoms with Crippen molar-refractivity contribution in [2.24, 2.45) is 0 Å². The van der Waals surface area contributed by atoms with Crippen molar-refractivity contribution in [1.82, 2.24) is 0 Å². The lowest BCUT2D eigenvalue weighted by molar-refractivity contribution is 0.280. The van der Waals surface area contributed by atoms with Crippen molar-refractivity contribution in [3.63, 3.8) is 0 Å². The molecule has 0 aliphatic heterocycles. The van der Waals surface area contributed by atoms with Crippen LogP contribution >= 0.6 is 0 Å². The van der Waals surface area contributed by atoms with Crippen LogP contribution in [0.2, 0.25) is 0 Å². The molecule has 1 heteroatoms. The molecule has 1 N–H and O–H groups in total. The van der Waals surface area contributed by atoms with Crippen molar-refractivity contribution < 1.29 is 5.11 Å². The van der Waals surface area contributed by atoms with Crippen LogP contribution in [0.4, 0.5) is 0 Å². The zero-order valence-corrected chi connectivity index (χ0v) is 10.4. The fourth-order valence-electron chi connectivity index (χ4n) is 2.57. The molecule has 0 spiro atoms. The van der Waals surface area contributed by atoms with Gasteiger partial charge in [0.2, 0.25) is 0 Å². The molecule has 0 amide bonds. The Hall–Kier alpha value is -1.34. The van der Waals surface area contributed by atoms with E-state index in [9.17, 15) is 5.11 Å². The Balaban J connectivity index is 3.02. The first-order chi connectivity index (χ1) is 7.57. The van der Waals surface area contributed by atoms with E-state index in [-0.39, 0.29) is 6.61 Å². The van der Waals surface area contributed by atoms with Gasteiger partial charge in [-0.3, -0.25) is 0 Å². The van der Waals surface area contributed by atoms with E-state index in [1.54, 1.807) is 0 Å². The predicted octanol–water partition coefficient (Wildman–Crippen LogP) is 3.57. The lowest BCUT2D eigenvalue weighted by atomic mass is 9.89. The number of aryl methyl sites for hydroxylation is 3. The van der Waals surface area contributed by atoms with Crippen molar-refractivity contribution in [3.8, 4) is 0 Å². The first-order valence-corrected chi connectivity index (χ1v) is 5.66. The molecule has 0 aliphatic carbocycles. The van der Waals surface area contributed by atoms with Crippen LogP contribution in [0.15, 0.2) is 18.2 Å². The zero-order chi connectivity index (χ0) is 11.9. The van der Waals surface area contributed by atoms with Crippen LogP contribution < -0.4 is 0 Å². The highest BCUT2D eigenvalue weighted by Crippen LogP contribution is 2.31. The summed E-state index contributed by atoms with van der Waals surface area (Å²) in [7, 11) is 0. The van der Waals surface area contributed by atoms with Crippen molar-refractivity contribution in [2.45, 2.75) is 34.3 Å². The van der Waals surface area contributed by atoms with Crippen LogP contribution in [0.3, 0.4) is 0 Å². The van der Waals surface area contributed by atoms with E-state index < -0.39 is 0 Å². The maximum Gasteiger partial charge on any atom is 0.0687 e. The summed E-state index contributed by atoms with van der Waals surface area (Å²) in [5.41, 5.74) is 6.12. The molecule has 2 aromatic rings. The van der Waals surface area contributed by atoms with Gasteiger partial charge in [-0.1, -0.05) is 18.2 Å². The molecule has 0 aromatic heterocycles. The molecule has 0 saturated heterocycles. The minimum Gasteiger partial charge on any atom is -0.392 e. The molecule has 0 unspecified atom stereocenters. The van der Waals surface area contributed by atoms with Crippen molar-refractivity contribution in [1.29, 1.82) is 0 Å². The first-order valence-electron chi connectivity index (χ1n) is 5.66. The number of aliphatic hydroxyl groups excluding tert-OH is 1. The van der Waals surface area contributed by atoms with Gasteiger partial charge in [0.15, 0.2) is 0 Å². The summed E-state index contributed by atoms with van der Waals surface area (Å²) in [6.07, 6.45) is 0. The molecular weight excluding hydrogens is 196 g/mol. The summed E-state index contributed by atoms with van der Waals surface area (Å²) in [6.45, 7) is 8.61. The topological polar surface area (TPSA) is 20.2 Å². The second-order valence-electron chi connectivity index (χ2n) is 4.51. The molecule has 2 aromatic carbocycles. The highest BCUT2D eigenvalue weighted by atomic mass is 16.3. The summed E-state index contributed by atoms with van der Waals surface area (Å²) in [5, 5.41) is 12.1. The summed E-state index contributed by atoms with van der Waals surface area (Å²) in [6, 6.07) is 6.37. The highest BCUT2D eigenvalue weighted by Gasteiger charge is 2.11. The van der Waals surface area contributed by atoms with Gasteiger partial charge < -0.3 is 5.11 Å². The van der Waals surface area contributed by atoms with Crippen molar-refractivity contribution >= 4 is 10.8 Å². The van der Waals surface area contributed by atoms with E-state index in [1.165, 1.54) is 33.0 Å². The van der Waals surface area contributed by atoms with Gasteiger partial charge in [-0.15, -0.1) is 0 Å². The third kappa shape index (κ3) is 1.43. The quantitative estimate of drug-likeness (QED) is 0.769. The molecule has 0 atom stereocenters. The monoisotopic (exact) mass is 214 g/mol. The summed E-state index contributed by atoms with van der Waals surface area (Å²) >= 11 is 0. The average Bonchev–Trinajstić information content (AvgIpc) is 2.27. The average molecular weight is 214 g/mol. The van der Waals surface area contributed by atoms with E-state index in [0.29, 0.717) is 0 Å². The molecule has 16 heavy (non-hydrogen) atoms. The SMILES string of the molecule is Cc1c(CO)c(C)c2cccc(C)c2c1C. The molecular formula is C15H18O. The van der Waals surface area contributed by atoms with Crippen LogP contribution in [0, 0.1) is 27.7 Å². The maximum atomic E-state index is 9.45. The Bertz CT molecular complexity index is 553. The van der Waals surface area contributed by atoms with Crippen molar-refractivity contribution in [2.75, 3.05) is 0 Å². The number of hydrogen-bond acceptors (Lipinski definition) is 1. The fraction of sp³-hybridized carbons (Fsp3) is 0.333. The molecule has 0 radical (unpaired) electrons. The Labute approximate surface area is 96.7 Å². The summed E-state index contributed by atoms with van der Waals surface area (Å²) < 4.78 is 0. The van der Waals surface area contributed by atoms with E-state index >= 15 is 0 Å². The molecule has 84 valence electrons. The van der Waals surface area contributed by atoms with E-state index in [2.05, 4.69) is 45.9 Å². The highest BCUT2D eigenvalue weighted by molar-refractivity contribution is 5.93. The minimum absolute atomic E-state index is 0.127. The maximum absolute atomic E-state index is 9.45. The summed E-state index contributed by atoms with van der Waals surface area (Å²) in [5.74, 6) is 0. The first kappa shape index (κ1) is 11.2. The molecule has 0 heterocycles. The van der Waals surface area contributed by atoms with Crippen LogP contribution in [0.25, 0.3) is 10.8 Å². The Morgan fingerprint density at radius 2 is 1.62 bits per heavy atom. The third-order valence-corrected chi connectivity index (χ3v) is 3.68. The lowest BCUT2D eigenvalue weighted by Gasteiger charge is -2.16. The summed E-state index contributed by atoms with van der Waals surface area (Å²) in [4.78, 5) is 0. The third-order valence-electron chi connectivity index (χ3n) is 3.68. The minimum atomic E-state index is 0.127. The Morgan fingerprint density at radius 1 is 0.938 bits per heavy atom. The van der Waals surface area contributed by atoms with E-state index in [0.717, 1.165) is 5.56 Å². The molecule has 0 fully saturated rings. The number of benzene rings is 2. The van der Waals surface area contributed by atoms with Gasteiger partial charge in [-0.05, 0) is 66.3 Å². The van der Waals surface area contributed by atoms with Crippen LogP contribution in [-0.4, -0.2) is 5.11 Å². The van der Waals surface area contributed by atoms with Crippen molar-refractivity contribution in [3.05, 3.63) is 46.0 Å². The molecule has 2 rings (SSSR count). The predicted molar refractivity (Wildman–Crippen MR) is 68.8 cm³/mol. The van der Waals surface area contributed by atoms with E-state index in [4.69, 9.17) is 0 Å². The standard InChI is InChI=1S/C15H18O/c1-9-6-5-7-13-12(4)14(8-16)10(2)11(3)15(9)13/h5-7,16H,8H2,1-4H3. The van der Waals surface area contributed by atoms with Gasteiger partial charge in [0.05, 0.1) is 6.61 Å². The Morgan fingerprint density at radius 3 is 2.25 bits per heavy atom. The molecule has 0 saturated carbocycles. The molecule has 1 nitrogen and oxygen atoms in total. The normalized spacial score (nSPS) is 11.1. The van der Waals surface area contributed by atoms with Crippen LogP contribution in [0.5, 0.6) is 0 Å². The van der Waals surface area contributed by atoms with Crippen LogP contribution in [0.1, 0.15) is 27.8 Å². The molecule has 0 bridgehead atoms.